The molecule has 10 nitrogen and oxygen atoms in total. The third-order valence-corrected chi connectivity index (χ3v) is 5.60. The summed E-state index contributed by atoms with van der Waals surface area (Å²) in [6.45, 7) is 10.1. The van der Waals surface area contributed by atoms with E-state index in [-0.39, 0.29) is 31.9 Å². The summed E-state index contributed by atoms with van der Waals surface area (Å²) < 4.78 is 10.2. The first-order valence-corrected chi connectivity index (χ1v) is 12.5. The molecular weight excluding hydrogens is 486 g/mol. The van der Waals surface area contributed by atoms with E-state index < -0.39 is 48.2 Å². The molecule has 11 heteroatoms. The van der Waals surface area contributed by atoms with Crippen LogP contribution in [0.1, 0.15) is 56.8 Å². The predicted molar refractivity (Wildman–Crippen MR) is 139 cm³/mol. The van der Waals surface area contributed by atoms with Gasteiger partial charge in [-0.05, 0) is 58.2 Å². The molecule has 3 amide bonds. The zero-order valence-corrected chi connectivity index (χ0v) is 22.8. The average Bonchev–Trinajstić information content (AvgIpc) is 2.78. The molecule has 1 aromatic carbocycles. The summed E-state index contributed by atoms with van der Waals surface area (Å²) in [4.78, 5) is 52.3. The second kappa shape index (κ2) is 14.7. The van der Waals surface area contributed by atoms with Crippen molar-refractivity contribution in [3.05, 3.63) is 34.9 Å². The molecule has 0 saturated heterocycles. The van der Waals surface area contributed by atoms with E-state index in [9.17, 15) is 24.3 Å². The summed E-state index contributed by atoms with van der Waals surface area (Å²) in [5.74, 6) is -1.67. The molecule has 0 aromatic heterocycles. The van der Waals surface area contributed by atoms with Crippen LogP contribution in [-0.2, 0) is 23.9 Å². The molecule has 0 aliphatic heterocycles. The molecule has 2 atom stereocenters. The van der Waals surface area contributed by atoms with E-state index in [0.717, 1.165) is 11.1 Å². The predicted octanol–water partition coefficient (Wildman–Crippen LogP) is 2.06. The molecule has 36 heavy (non-hydrogen) atoms. The van der Waals surface area contributed by atoms with Gasteiger partial charge in [-0.2, -0.15) is 12.6 Å². The fourth-order valence-electron chi connectivity index (χ4n) is 3.45. The number of hydrogen-bond donors (Lipinski definition) is 4. The van der Waals surface area contributed by atoms with Gasteiger partial charge >= 0.3 is 12.1 Å². The lowest BCUT2D eigenvalue weighted by Gasteiger charge is -2.34. The van der Waals surface area contributed by atoms with Gasteiger partial charge in [-0.25, -0.2) is 4.79 Å². The van der Waals surface area contributed by atoms with Crippen LogP contribution in [-0.4, -0.2) is 77.6 Å². The maximum Gasteiger partial charge on any atom is 0.408 e. The third kappa shape index (κ3) is 9.69. The summed E-state index contributed by atoms with van der Waals surface area (Å²) in [5.41, 5.74) is 1.48. The van der Waals surface area contributed by atoms with Crippen LogP contribution < -0.4 is 10.6 Å². The van der Waals surface area contributed by atoms with Gasteiger partial charge in [0.2, 0.25) is 11.8 Å². The van der Waals surface area contributed by atoms with Crippen LogP contribution in [0.2, 0.25) is 0 Å². The van der Waals surface area contributed by atoms with Crippen molar-refractivity contribution < 1.29 is 33.8 Å². The first-order chi connectivity index (χ1) is 16.9. The molecule has 1 aromatic rings. The first-order valence-electron chi connectivity index (χ1n) is 11.9. The number of aliphatic hydroxyl groups excluding tert-OH is 1. The summed E-state index contributed by atoms with van der Waals surface area (Å²) in [6.07, 6.45) is -0.840. The summed E-state index contributed by atoms with van der Waals surface area (Å²) in [7, 11) is 0. The monoisotopic (exact) mass is 525 g/mol. The second-order valence-electron chi connectivity index (χ2n) is 9.17. The third-order valence-electron chi connectivity index (χ3n) is 5.23. The topological polar surface area (TPSA) is 134 Å². The van der Waals surface area contributed by atoms with Gasteiger partial charge in [0.25, 0.3) is 0 Å². The van der Waals surface area contributed by atoms with Gasteiger partial charge in [0.05, 0.1) is 19.6 Å². The van der Waals surface area contributed by atoms with Crippen molar-refractivity contribution in [2.24, 2.45) is 0 Å². The molecule has 3 N–H and O–H groups in total. The number of thiol groups is 1. The van der Waals surface area contributed by atoms with Gasteiger partial charge in [0.1, 0.15) is 17.7 Å². The molecule has 0 radical (unpaired) electrons. The Morgan fingerprint density at radius 3 is 2.39 bits per heavy atom. The molecular formula is C25H39N3O7S. The number of ether oxygens (including phenoxy) is 2. The van der Waals surface area contributed by atoms with Crippen molar-refractivity contribution in [1.82, 2.24) is 15.5 Å². The Hall–Kier alpha value is -2.79. The number of benzene rings is 1. The molecule has 202 valence electrons. The van der Waals surface area contributed by atoms with Crippen molar-refractivity contribution >= 4 is 36.5 Å². The fraction of sp³-hybridized carbons (Fsp3) is 0.600. The lowest BCUT2D eigenvalue weighted by molar-refractivity contribution is -0.144. The molecule has 0 aliphatic carbocycles. The number of amides is 3. The zero-order chi connectivity index (χ0) is 27.5. The Morgan fingerprint density at radius 2 is 1.83 bits per heavy atom. The minimum Gasteiger partial charge on any atom is -0.466 e. The van der Waals surface area contributed by atoms with Crippen LogP contribution in [0.4, 0.5) is 4.79 Å². The summed E-state index contributed by atoms with van der Waals surface area (Å²) in [5, 5.41) is 15.0. The van der Waals surface area contributed by atoms with Gasteiger partial charge in [0.15, 0.2) is 0 Å². The standard InChI is InChI=1S/C25H39N3O7S/c1-7-34-20(30)11-12-26-22(31)21(18-10-8-9-16(2)17(18)3)28(13-14-29)23(32)19(15-36)27-24(33)35-25(4,5)6/h8-10,19,21,29,36H,7,11-15H2,1-6H3,(H,26,31)(H,27,33). The number of alkyl carbamates (subject to hydrolysis) is 1. The number of hydrogen-bond acceptors (Lipinski definition) is 8. The minimum atomic E-state index is -1.13. The van der Waals surface area contributed by atoms with E-state index in [1.54, 1.807) is 39.8 Å². The number of aryl methyl sites for hydroxylation is 1. The van der Waals surface area contributed by atoms with Crippen LogP contribution in [0.15, 0.2) is 18.2 Å². The number of carbonyl (C=O) groups is 4. The smallest absolute Gasteiger partial charge is 0.408 e. The number of nitrogens with zero attached hydrogens (tertiary/aromatic N) is 1. The fourth-order valence-corrected chi connectivity index (χ4v) is 3.70. The largest absolute Gasteiger partial charge is 0.466 e. The van der Waals surface area contributed by atoms with E-state index in [0.29, 0.717) is 5.56 Å². The van der Waals surface area contributed by atoms with Crippen LogP contribution in [0.25, 0.3) is 0 Å². The number of carbonyl (C=O) groups excluding carboxylic acids is 4. The highest BCUT2D eigenvalue weighted by Gasteiger charge is 2.36. The number of esters is 1. The lowest BCUT2D eigenvalue weighted by Crippen LogP contribution is -2.54. The Morgan fingerprint density at radius 1 is 1.17 bits per heavy atom. The van der Waals surface area contributed by atoms with E-state index in [4.69, 9.17) is 9.47 Å². The molecule has 1 rings (SSSR count). The molecule has 0 aliphatic rings. The maximum atomic E-state index is 13.6. The van der Waals surface area contributed by atoms with E-state index in [2.05, 4.69) is 23.3 Å². The van der Waals surface area contributed by atoms with Crippen molar-refractivity contribution in [2.75, 3.05) is 32.1 Å². The highest BCUT2D eigenvalue weighted by atomic mass is 32.1. The SMILES string of the molecule is CCOC(=O)CCNC(=O)C(c1cccc(C)c1C)N(CCO)C(=O)C(CS)NC(=O)OC(C)(C)C. The van der Waals surface area contributed by atoms with E-state index in [1.165, 1.54) is 4.90 Å². The average molecular weight is 526 g/mol. The van der Waals surface area contributed by atoms with Crippen molar-refractivity contribution in [3.8, 4) is 0 Å². The van der Waals surface area contributed by atoms with Crippen LogP contribution in [0.5, 0.6) is 0 Å². The molecule has 0 saturated carbocycles. The Balaban J connectivity index is 3.33. The van der Waals surface area contributed by atoms with Crippen molar-refractivity contribution in [2.45, 2.75) is 65.6 Å². The Labute approximate surface area is 218 Å². The molecule has 0 heterocycles. The number of rotatable bonds is 12. The molecule has 0 spiro atoms. The van der Waals surface area contributed by atoms with Gasteiger partial charge < -0.3 is 30.1 Å². The van der Waals surface area contributed by atoms with Gasteiger partial charge in [0, 0.05) is 18.8 Å². The normalized spacial score (nSPS) is 12.8. The van der Waals surface area contributed by atoms with Gasteiger partial charge in [-0.15, -0.1) is 0 Å². The molecule has 0 fully saturated rings. The number of aliphatic hydroxyl groups is 1. The van der Waals surface area contributed by atoms with Crippen LogP contribution in [0, 0.1) is 13.8 Å². The van der Waals surface area contributed by atoms with Crippen LogP contribution >= 0.6 is 12.6 Å². The van der Waals surface area contributed by atoms with Crippen LogP contribution in [0.3, 0.4) is 0 Å². The van der Waals surface area contributed by atoms with Crippen molar-refractivity contribution in [1.29, 1.82) is 0 Å². The molecule has 0 bridgehead atoms. The highest BCUT2D eigenvalue weighted by Crippen LogP contribution is 2.27. The lowest BCUT2D eigenvalue weighted by atomic mass is 9.95. The van der Waals surface area contributed by atoms with E-state index in [1.807, 2.05) is 19.9 Å². The first kappa shape index (κ1) is 31.2. The maximum absolute atomic E-state index is 13.6. The Bertz CT molecular complexity index is 917. The molecule has 2 unspecified atom stereocenters. The van der Waals surface area contributed by atoms with Gasteiger partial charge in [-0.1, -0.05) is 18.2 Å². The second-order valence-corrected chi connectivity index (χ2v) is 9.54. The quantitative estimate of drug-likeness (QED) is 0.242. The summed E-state index contributed by atoms with van der Waals surface area (Å²) in [6, 6.07) is 3.14. The zero-order valence-electron chi connectivity index (χ0n) is 21.9. The Kier molecular flexibility index (Phi) is 12.8. The summed E-state index contributed by atoms with van der Waals surface area (Å²) >= 11 is 4.21. The van der Waals surface area contributed by atoms with E-state index >= 15 is 0 Å². The van der Waals surface area contributed by atoms with Crippen molar-refractivity contribution in [3.63, 3.8) is 0 Å². The minimum absolute atomic E-state index is 0.00629. The highest BCUT2D eigenvalue weighted by molar-refractivity contribution is 7.80. The number of nitrogens with one attached hydrogen (secondary N) is 2. The van der Waals surface area contributed by atoms with Gasteiger partial charge in [-0.3, -0.25) is 14.4 Å².